The van der Waals surface area contributed by atoms with Gasteiger partial charge in [-0.15, -0.1) is 0 Å². The van der Waals surface area contributed by atoms with Gasteiger partial charge in [-0.05, 0) is 92.8 Å². The summed E-state index contributed by atoms with van der Waals surface area (Å²) in [5.41, 5.74) is 4.90. The number of carbonyl (C=O) groups excluding carboxylic acids is 2. The summed E-state index contributed by atoms with van der Waals surface area (Å²) < 4.78 is 30.5. The fourth-order valence-corrected chi connectivity index (χ4v) is 6.70. The fraction of sp³-hybridized carbons (Fsp3) is 0.297. The van der Waals surface area contributed by atoms with Crippen LogP contribution < -0.4 is 9.62 Å². The van der Waals surface area contributed by atoms with Crippen LogP contribution in [0.25, 0.3) is 0 Å². The lowest BCUT2D eigenvalue weighted by Gasteiger charge is -2.34. The van der Waals surface area contributed by atoms with Gasteiger partial charge < -0.3 is 10.2 Å². The van der Waals surface area contributed by atoms with Gasteiger partial charge in [0.05, 0.1) is 10.6 Å². The molecule has 0 bridgehead atoms. The van der Waals surface area contributed by atoms with Crippen LogP contribution in [0.3, 0.4) is 0 Å². The van der Waals surface area contributed by atoms with Crippen LogP contribution in [0.15, 0.2) is 106 Å². The summed E-state index contributed by atoms with van der Waals surface area (Å²) in [6.45, 7) is 9.28. The van der Waals surface area contributed by atoms with E-state index in [0.29, 0.717) is 5.69 Å². The number of amides is 2. The lowest BCUT2D eigenvalue weighted by molar-refractivity contribution is -0.140. The molecule has 4 rings (SSSR count). The van der Waals surface area contributed by atoms with E-state index in [1.54, 1.807) is 36.4 Å². The van der Waals surface area contributed by atoms with Crippen molar-refractivity contribution in [2.24, 2.45) is 0 Å². The molecule has 0 aliphatic carbocycles. The zero-order valence-corrected chi connectivity index (χ0v) is 29.4. The third kappa shape index (κ3) is 8.85. The Hall–Kier alpha value is -3.95. The molecule has 2 unspecified atom stereocenters. The van der Waals surface area contributed by atoms with Gasteiger partial charge in [-0.2, -0.15) is 0 Å². The van der Waals surface area contributed by atoms with Crippen LogP contribution >= 0.6 is 15.9 Å². The van der Waals surface area contributed by atoms with Crippen molar-refractivity contribution >= 4 is 43.5 Å². The lowest BCUT2D eigenvalue weighted by Crippen LogP contribution is -2.54. The number of sulfonamides is 1. The molecule has 46 heavy (non-hydrogen) atoms. The number of hydrogen-bond donors (Lipinski definition) is 1. The second-order valence-corrected chi connectivity index (χ2v) is 14.5. The van der Waals surface area contributed by atoms with E-state index in [1.165, 1.54) is 4.90 Å². The Balaban J connectivity index is 1.82. The van der Waals surface area contributed by atoms with Crippen LogP contribution in [-0.4, -0.2) is 43.8 Å². The molecule has 0 aromatic heterocycles. The third-order valence-electron chi connectivity index (χ3n) is 8.20. The quantitative estimate of drug-likeness (QED) is 0.161. The summed E-state index contributed by atoms with van der Waals surface area (Å²) >= 11 is 3.47. The Morgan fingerprint density at radius 1 is 0.826 bits per heavy atom. The Labute approximate surface area is 281 Å². The summed E-state index contributed by atoms with van der Waals surface area (Å²) in [5, 5.41) is 3.07. The first-order valence-electron chi connectivity index (χ1n) is 15.4. The first-order chi connectivity index (χ1) is 21.9. The van der Waals surface area contributed by atoms with Crippen molar-refractivity contribution in [3.05, 3.63) is 129 Å². The highest BCUT2D eigenvalue weighted by Gasteiger charge is 2.35. The maximum atomic E-state index is 14.6. The number of anilines is 1. The molecule has 0 saturated heterocycles. The van der Waals surface area contributed by atoms with Crippen molar-refractivity contribution < 1.29 is 18.0 Å². The molecule has 4 aromatic carbocycles. The van der Waals surface area contributed by atoms with Crippen molar-refractivity contribution in [2.45, 2.75) is 71.0 Å². The van der Waals surface area contributed by atoms with Gasteiger partial charge in [0.15, 0.2) is 0 Å². The number of nitrogens with zero attached hydrogens (tertiary/aromatic N) is 2. The van der Waals surface area contributed by atoms with Gasteiger partial charge in [0.25, 0.3) is 10.0 Å². The van der Waals surface area contributed by atoms with Crippen LogP contribution in [0, 0.1) is 20.8 Å². The molecule has 0 radical (unpaired) electrons. The summed E-state index contributed by atoms with van der Waals surface area (Å²) in [7, 11) is -4.16. The number of benzene rings is 4. The van der Waals surface area contributed by atoms with Crippen molar-refractivity contribution in [1.29, 1.82) is 0 Å². The Morgan fingerprint density at radius 3 is 2.09 bits per heavy atom. The van der Waals surface area contributed by atoms with Gasteiger partial charge in [0.1, 0.15) is 12.6 Å². The molecule has 0 spiro atoms. The van der Waals surface area contributed by atoms with E-state index in [2.05, 4.69) is 21.2 Å². The van der Waals surface area contributed by atoms with Crippen molar-refractivity contribution in [3.8, 4) is 0 Å². The molecule has 2 amide bonds. The predicted octanol–water partition coefficient (Wildman–Crippen LogP) is 7.12. The first kappa shape index (κ1) is 34.9. The SMILES string of the molecule is CCC(C)NC(=O)C(Cc1ccccc1)N(Cc1ccc(Br)cc1)C(=O)CN(c1ccc(C)c(C)c1)S(=O)(=O)c1ccc(C)cc1. The zero-order chi connectivity index (χ0) is 33.4. The maximum absolute atomic E-state index is 14.6. The summed E-state index contributed by atoms with van der Waals surface area (Å²) in [6, 6.07) is 28.0. The fourth-order valence-electron chi connectivity index (χ4n) is 5.03. The number of nitrogens with one attached hydrogen (secondary N) is 1. The topological polar surface area (TPSA) is 86.8 Å². The van der Waals surface area contributed by atoms with Gasteiger partial charge in [-0.3, -0.25) is 13.9 Å². The van der Waals surface area contributed by atoms with E-state index in [0.717, 1.165) is 43.0 Å². The molecule has 242 valence electrons. The molecule has 2 atom stereocenters. The highest BCUT2D eigenvalue weighted by Crippen LogP contribution is 2.27. The Bertz CT molecular complexity index is 1740. The van der Waals surface area contributed by atoms with Crippen LogP contribution in [0.1, 0.15) is 48.1 Å². The maximum Gasteiger partial charge on any atom is 0.264 e. The lowest BCUT2D eigenvalue weighted by atomic mass is 10.0. The minimum absolute atomic E-state index is 0.0823. The minimum Gasteiger partial charge on any atom is -0.352 e. The van der Waals surface area contributed by atoms with E-state index in [9.17, 15) is 18.0 Å². The predicted molar refractivity (Wildman–Crippen MR) is 188 cm³/mol. The van der Waals surface area contributed by atoms with E-state index in [1.807, 2.05) is 95.3 Å². The van der Waals surface area contributed by atoms with Gasteiger partial charge in [0, 0.05) is 23.5 Å². The summed E-state index contributed by atoms with van der Waals surface area (Å²) in [4.78, 5) is 30.2. The third-order valence-corrected chi connectivity index (χ3v) is 10.5. The average molecular weight is 705 g/mol. The van der Waals surface area contributed by atoms with Crippen molar-refractivity contribution in [2.75, 3.05) is 10.8 Å². The van der Waals surface area contributed by atoms with Crippen LogP contribution in [0.4, 0.5) is 5.69 Å². The highest BCUT2D eigenvalue weighted by atomic mass is 79.9. The molecule has 0 fully saturated rings. The molecular weight excluding hydrogens is 662 g/mol. The number of halogens is 1. The molecule has 0 heterocycles. The number of hydrogen-bond acceptors (Lipinski definition) is 4. The van der Waals surface area contributed by atoms with Crippen LogP contribution in [0.2, 0.25) is 0 Å². The van der Waals surface area contributed by atoms with E-state index >= 15 is 0 Å². The second kappa shape index (κ2) is 15.6. The van der Waals surface area contributed by atoms with Crippen LogP contribution in [0.5, 0.6) is 0 Å². The van der Waals surface area contributed by atoms with E-state index < -0.39 is 28.5 Å². The summed E-state index contributed by atoms with van der Waals surface area (Å²) in [5.74, 6) is -0.778. The van der Waals surface area contributed by atoms with Gasteiger partial charge in [-0.1, -0.05) is 89.1 Å². The molecular formula is C37H42BrN3O4S. The molecule has 4 aromatic rings. The molecule has 0 aliphatic rings. The first-order valence-corrected chi connectivity index (χ1v) is 17.7. The zero-order valence-electron chi connectivity index (χ0n) is 27.0. The van der Waals surface area contributed by atoms with E-state index in [4.69, 9.17) is 0 Å². The number of carbonyl (C=O) groups is 2. The monoisotopic (exact) mass is 703 g/mol. The number of rotatable bonds is 13. The highest BCUT2D eigenvalue weighted by molar-refractivity contribution is 9.10. The Kier molecular flexibility index (Phi) is 11.8. The standard InChI is InChI=1S/C37H42BrN3O4S/c1-6-29(5)39-37(43)35(23-30-10-8-7-9-11-30)40(24-31-15-17-32(38)18-16-31)36(42)25-41(33-19-14-27(3)28(4)22-33)46(44,45)34-20-12-26(2)13-21-34/h7-22,29,35H,6,23-25H2,1-5H3,(H,39,43). The largest absolute Gasteiger partial charge is 0.352 e. The number of aryl methyl sites for hydroxylation is 3. The molecule has 0 aliphatic heterocycles. The van der Waals surface area contributed by atoms with Crippen molar-refractivity contribution in [3.63, 3.8) is 0 Å². The minimum atomic E-state index is -4.16. The normalized spacial score (nSPS) is 12.7. The van der Waals surface area contributed by atoms with E-state index in [-0.39, 0.29) is 29.8 Å². The Morgan fingerprint density at radius 2 is 1.48 bits per heavy atom. The molecule has 9 heteroatoms. The smallest absolute Gasteiger partial charge is 0.264 e. The summed E-state index contributed by atoms with van der Waals surface area (Å²) in [6.07, 6.45) is 0.986. The van der Waals surface area contributed by atoms with Gasteiger partial charge in [-0.25, -0.2) is 8.42 Å². The average Bonchev–Trinajstić information content (AvgIpc) is 3.04. The second-order valence-electron chi connectivity index (χ2n) is 11.8. The molecule has 1 N–H and O–H groups in total. The van der Waals surface area contributed by atoms with Gasteiger partial charge >= 0.3 is 0 Å². The van der Waals surface area contributed by atoms with Gasteiger partial charge in [0.2, 0.25) is 11.8 Å². The van der Waals surface area contributed by atoms with Crippen LogP contribution in [-0.2, 0) is 32.6 Å². The molecule has 0 saturated carbocycles. The molecule has 7 nitrogen and oxygen atoms in total. The van der Waals surface area contributed by atoms with Crippen molar-refractivity contribution in [1.82, 2.24) is 10.2 Å².